The van der Waals surface area contributed by atoms with E-state index in [2.05, 4.69) is 17.2 Å². The number of benzene rings is 1. The van der Waals surface area contributed by atoms with Gasteiger partial charge in [0.05, 0.1) is 0 Å². The summed E-state index contributed by atoms with van der Waals surface area (Å²) in [5.41, 5.74) is 7.41. The number of carbonyl (C=O) groups is 1. The van der Waals surface area contributed by atoms with Gasteiger partial charge in [0.2, 0.25) is 5.91 Å². The molecule has 17 heavy (non-hydrogen) atoms. The third kappa shape index (κ3) is 4.65. The third-order valence-electron chi connectivity index (χ3n) is 1.98. The van der Waals surface area contributed by atoms with Crippen LogP contribution in [-0.4, -0.2) is 17.6 Å². The first-order valence-electron chi connectivity index (χ1n) is 5.08. The van der Waals surface area contributed by atoms with Gasteiger partial charge in [-0.3, -0.25) is 4.79 Å². The van der Waals surface area contributed by atoms with E-state index in [1.807, 2.05) is 6.92 Å². The van der Waals surface area contributed by atoms with Crippen molar-refractivity contribution in [2.75, 3.05) is 11.9 Å². The number of hydrogen-bond donors (Lipinski definition) is 3. The van der Waals surface area contributed by atoms with Crippen LogP contribution in [0.25, 0.3) is 0 Å². The first-order valence-corrected chi connectivity index (χ1v) is 5.49. The van der Waals surface area contributed by atoms with Crippen LogP contribution >= 0.6 is 12.2 Å². The van der Waals surface area contributed by atoms with Crippen molar-refractivity contribution in [3.63, 3.8) is 0 Å². The molecule has 5 heteroatoms. The quantitative estimate of drug-likeness (QED) is 0.560. The number of hydrogen-bond acceptors (Lipinski definition) is 2. The summed E-state index contributed by atoms with van der Waals surface area (Å²) in [5, 5.41) is 6.50. The molecule has 0 aliphatic heterocycles. The Bertz CT molecular complexity index is 440. The van der Waals surface area contributed by atoms with Crippen LogP contribution in [0, 0.1) is 0 Å². The Hall–Kier alpha value is -1.88. The zero-order valence-corrected chi connectivity index (χ0v) is 10.4. The third-order valence-corrected chi connectivity index (χ3v) is 2.22. The predicted molar refractivity (Wildman–Crippen MR) is 74.0 cm³/mol. The van der Waals surface area contributed by atoms with Crippen LogP contribution in [0.2, 0.25) is 0 Å². The van der Waals surface area contributed by atoms with E-state index in [1.165, 1.54) is 0 Å². The maximum absolute atomic E-state index is 10.9. The number of carbonyl (C=O) groups excluding carboxylic acids is 1. The zero-order chi connectivity index (χ0) is 12.8. The summed E-state index contributed by atoms with van der Waals surface area (Å²) in [6, 6.07) is 6.78. The van der Waals surface area contributed by atoms with Gasteiger partial charge in [-0.25, -0.2) is 0 Å². The fourth-order valence-electron chi connectivity index (χ4n) is 1.12. The second-order valence-corrected chi connectivity index (χ2v) is 4.11. The molecular formula is C12H15N3OS. The van der Waals surface area contributed by atoms with E-state index in [0.29, 0.717) is 17.2 Å². The zero-order valence-electron chi connectivity index (χ0n) is 9.62. The van der Waals surface area contributed by atoms with E-state index in [-0.39, 0.29) is 0 Å². The summed E-state index contributed by atoms with van der Waals surface area (Å²) >= 11 is 5.08. The highest BCUT2D eigenvalue weighted by Crippen LogP contribution is 2.08. The molecule has 90 valence electrons. The van der Waals surface area contributed by atoms with Crippen LogP contribution in [0.5, 0.6) is 0 Å². The second-order valence-electron chi connectivity index (χ2n) is 3.71. The van der Waals surface area contributed by atoms with Gasteiger partial charge >= 0.3 is 0 Å². The Morgan fingerprint density at radius 3 is 2.47 bits per heavy atom. The fraction of sp³-hybridized carbons (Fsp3) is 0.167. The molecule has 1 aromatic carbocycles. The van der Waals surface area contributed by atoms with Crippen molar-refractivity contribution < 1.29 is 4.79 Å². The van der Waals surface area contributed by atoms with E-state index < -0.39 is 5.91 Å². The first kappa shape index (κ1) is 13.2. The first-order chi connectivity index (χ1) is 7.99. The average Bonchev–Trinajstić information content (AvgIpc) is 2.27. The van der Waals surface area contributed by atoms with Crippen molar-refractivity contribution in [2.24, 2.45) is 5.73 Å². The highest BCUT2D eigenvalue weighted by Gasteiger charge is 2.00. The Balaban J connectivity index is 2.54. The standard InChI is InChI=1S/C12H15N3OS/c1-8(2)7-14-12(17)15-10-5-3-9(4-6-10)11(13)16/h3-6H,1,7H2,2H3,(H2,13,16)(H2,14,15,17). The van der Waals surface area contributed by atoms with E-state index in [4.69, 9.17) is 18.0 Å². The molecule has 0 aliphatic carbocycles. The maximum atomic E-state index is 10.9. The lowest BCUT2D eigenvalue weighted by Crippen LogP contribution is -2.29. The number of nitrogens with two attached hydrogens (primary N) is 1. The van der Waals surface area contributed by atoms with Gasteiger partial charge < -0.3 is 16.4 Å². The summed E-state index contributed by atoms with van der Waals surface area (Å²) in [5.74, 6) is -0.445. The molecule has 0 saturated heterocycles. The molecule has 1 aromatic rings. The fourth-order valence-corrected chi connectivity index (χ4v) is 1.31. The van der Waals surface area contributed by atoms with Crippen LogP contribution in [-0.2, 0) is 0 Å². The van der Waals surface area contributed by atoms with Crippen molar-refractivity contribution in [3.8, 4) is 0 Å². The van der Waals surface area contributed by atoms with Crippen LogP contribution in [0.3, 0.4) is 0 Å². The summed E-state index contributed by atoms with van der Waals surface area (Å²) in [6.07, 6.45) is 0. The molecule has 0 bridgehead atoms. The highest BCUT2D eigenvalue weighted by molar-refractivity contribution is 7.80. The Morgan fingerprint density at radius 2 is 2.00 bits per heavy atom. The normalized spacial score (nSPS) is 9.47. The minimum Gasteiger partial charge on any atom is -0.366 e. The molecule has 0 saturated carbocycles. The largest absolute Gasteiger partial charge is 0.366 e. The Labute approximate surface area is 106 Å². The van der Waals surface area contributed by atoms with Crippen LogP contribution in [0.15, 0.2) is 36.4 Å². The predicted octanol–water partition coefficient (Wildman–Crippen LogP) is 1.65. The van der Waals surface area contributed by atoms with Crippen LogP contribution in [0.1, 0.15) is 17.3 Å². The molecular weight excluding hydrogens is 234 g/mol. The monoisotopic (exact) mass is 249 g/mol. The van der Waals surface area contributed by atoms with Crippen molar-refractivity contribution in [3.05, 3.63) is 42.0 Å². The number of amides is 1. The van der Waals surface area contributed by atoms with E-state index >= 15 is 0 Å². The summed E-state index contributed by atoms with van der Waals surface area (Å²) in [6.45, 7) is 6.31. The molecule has 0 unspecified atom stereocenters. The van der Waals surface area contributed by atoms with Gasteiger partial charge in [0.25, 0.3) is 0 Å². The number of rotatable bonds is 4. The van der Waals surface area contributed by atoms with E-state index in [1.54, 1.807) is 24.3 Å². The average molecular weight is 249 g/mol. The van der Waals surface area contributed by atoms with E-state index in [0.717, 1.165) is 11.3 Å². The molecule has 0 radical (unpaired) electrons. The number of thiocarbonyl (C=S) groups is 1. The van der Waals surface area contributed by atoms with Crippen molar-refractivity contribution >= 4 is 28.9 Å². The molecule has 4 N–H and O–H groups in total. The summed E-state index contributed by atoms with van der Waals surface area (Å²) in [4.78, 5) is 10.9. The molecule has 1 amide bonds. The van der Waals surface area contributed by atoms with Crippen molar-refractivity contribution in [1.82, 2.24) is 5.32 Å². The van der Waals surface area contributed by atoms with Crippen LogP contribution in [0.4, 0.5) is 5.69 Å². The summed E-state index contributed by atoms with van der Waals surface area (Å²) in [7, 11) is 0. The maximum Gasteiger partial charge on any atom is 0.248 e. The Morgan fingerprint density at radius 1 is 1.41 bits per heavy atom. The van der Waals surface area contributed by atoms with Crippen molar-refractivity contribution in [2.45, 2.75) is 6.92 Å². The topological polar surface area (TPSA) is 67.2 Å². The lowest BCUT2D eigenvalue weighted by molar-refractivity contribution is 0.100. The Kier molecular flexibility index (Phi) is 4.66. The molecule has 0 spiro atoms. The minimum absolute atomic E-state index is 0.445. The van der Waals surface area contributed by atoms with Gasteiger partial charge in [0.15, 0.2) is 5.11 Å². The van der Waals surface area contributed by atoms with Gasteiger partial charge in [-0.15, -0.1) is 0 Å². The molecule has 0 fully saturated rings. The van der Waals surface area contributed by atoms with Crippen molar-refractivity contribution in [1.29, 1.82) is 0 Å². The molecule has 0 atom stereocenters. The smallest absolute Gasteiger partial charge is 0.248 e. The molecule has 0 heterocycles. The lowest BCUT2D eigenvalue weighted by atomic mass is 10.2. The number of primary amides is 1. The minimum atomic E-state index is -0.445. The molecule has 0 aromatic heterocycles. The van der Waals surface area contributed by atoms with Gasteiger partial charge in [0.1, 0.15) is 0 Å². The van der Waals surface area contributed by atoms with Gasteiger partial charge in [-0.05, 0) is 43.4 Å². The molecule has 4 nitrogen and oxygen atoms in total. The molecule has 1 rings (SSSR count). The lowest BCUT2D eigenvalue weighted by Gasteiger charge is -2.10. The SMILES string of the molecule is C=C(C)CNC(=S)Nc1ccc(C(N)=O)cc1. The van der Waals surface area contributed by atoms with Gasteiger partial charge in [0, 0.05) is 17.8 Å². The molecule has 0 aliphatic rings. The highest BCUT2D eigenvalue weighted by atomic mass is 32.1. The van der Waals surface area contributed by atoms with Gasteiger partial charge in [-0.1, -0.05) is 12.2 Å². The number of anilines is 1. The van der Waals surface area contributed by atoms with Gasteiger partial charge in [-0.2, -0.15) is 0 Å². The summed E-state index contributed by atoms with van der Waals surface area (Å²) < 4.78 is 0. The van der Waals surface area contributed by atoms with E-state index in [9.17, 15) is 4.79 Å². The number of nitrogens with one attached hydrogen (secondary N) is 2. The second kappa shape index (κ2) is 6.00. The van der Waals surface area contributed by atoms with Crippen LogP contribution < -0.4 is 16.4 Å².